The minimum Gasteiger partial charge on any atom is -0.482 e. The minimum absolute atomic E-state index is 0.230. The first-order chi connectivity index (χ1) is 10.9. The van der Waals surface area contributed by atoms with E-state index in [0.29, 0.717) is 32.8 Å². The largest absolute Gasteiger partial charge is 0.482 e. The van der Waals surface area contributed by atoms with Gasteiger partial charge in [0.05, 0.1) is 10.0 Å². The molecule has 0 bridgehead atoms. The van der Waals surface area contributed by atoms with E-state index in [0.717, 1.165) is 10.0 Å². The third-order valence-electron chi connectivity index (χ3n) is 2.97. The van der Waals surface area contributed by atoms with Gasteiger partial charge in [0, 0.05) is 15.2 Å². The summed E-state index contributed by atoms with van der Waals surface area (Å²) in [6.45, 7) is 1.65. The molecule has 0 aliphatic rings. The van der Waals surface area contributed by atoms with Crippen LogP contribution in [0.3, 0.4) is 0 Å². The number of ether oxygens (including phenoxy) is 1. The Balaban J connectivity index is 2.04. The second-order valence-electron chi connectivity index (χ2n) is 4.72. The summed E-state index contributed by atoms with van der Waals surface area (Å²) in [4.78, 5) is 23.1. The van der Waals surface area contributed by atoms with Crippen LogP contribution in [0.4, 0.5) is 5.69 Å². The molecule has 2 aromatic carbocycles. The predicted octanol–water partition coefficient (Wildman–Crippen LogP) is 5.00. The summed E-state index contributed by atoms with van der Waals surface area (Å²) in [5.74, 6) is -0.0307. The number of hydrogen-bond donors (Lipinski definition) is 1. The summed E-state index contributed by atoms with van der Waals surface area (Å²) in [5, 5.41) is 3.26. The van der Waals surface area contributed by atoms with E-state index >= 15 is 0 Å². The molecule has 0 heterocycles. The van der Waals surface area contributed by atoms with Gasteiger partial charge in [0.1, 0.15) is 5.75 Å². The number of rotatable bonds is 5. The van der Waals surface area contributed by atoms with Crippen molar-refractivity contribution in [3.8, 4) is 5.75 Å². The van der Waals surface area contributed by atoms with Crippen LogP contribution in [-0.4, -0.2) is 18.8 Å². The second-order valence-corrected chi connectivity index (χ2v) is 6.90. The molecule has 0 saturated carbocycles. The van der Waals surface area contributed by atoms with Crippen LogP contribution >= 0.6 is 43.5 Å². The van der Waals surface area contributed by atoms with Gasteiger partial charge >= 0.3 is 0 Å². The van der Waals surface area contributed by atoms with Crippen molar-refractivity contribution >= 4 is 61.3 Å². The fraction of sp³-hybridized carbons (Fsp3) is 0.125. The molecule has 2 aromatic rings. The van der Waals surface area contributed by atoms with Crippen molar-refractivity contribution in [1.29, 1.82) is 0 Å². The van der Waals surface area contributed by atoms with Gasteiger partial charge in [-0.3, -0.25) is 9.59 Å². The molecular formula is C16H12Br2ClNO3. The molecule has 0 aliphatic carbocycles. The molecule has 1 N–H and O–H groups in total. The maximum Gasteiger partial charge on any atom is 0.262 e. The topological polar surface area (TPSA) is 55.4 Å². The Hall–Kier alpha value is -1.37. The highest BCUT2D eigenvalue weighted by Crippen LogP contribution is 2.32. The lowest BCUT2D eigenvalue weighted by molar-refractivity contribution is -0.118. The zero-order chi connectivity index (χ0) is 17.0. The quantitative estimate of drug-likeness (QED) is 0.638. The van der Waals surface area contributed by atoms with Gasteiger partial charge in [0.2, 0.25) is 0 Å². The lowest BCUT2D eigenvalue weighted by atomic mass is 10.2. The van der Waals surface area contributed by atoms with Crippen molar-refractivity contribution in [1.82, 2.24) is 0 Å². The molecule has 0 aromatic heterocycles. The minimum atomic E-state index is -0.350. The number of benzene rings is 2. The van der Waals surface area contributed by atoms with E-state index in [1.165, 1.54) is 0 Å². The van der Waals surface area contributed by atoms with Crippen LogP contribution in [0, 0.1) is 6.92 Å². The molecule has 0 radical (unpaired) electrons. The van der Waals surface area contributed by atoms with Crippen LogP contribution in [0.15, 0.2) is 39.3 Å². The SMILES string of the molecule is Cc1ccc(NC(=O)COc2c(Br)cc(Br)cc2C=O)cc1Cl. The zero-order valence-electron chi connectivity index (χ0n) is 12.0. The molecule has 7 heteroatoms. The molecule has 4 nitrogen and oxygen atoms in total. The highest BCUT2D eigenvalue weighted by Gasteiger charge is 2.12. The number of nitrogens with one attached hydrogen (secondary N) is 1. The number of halogens is 3. The van der Waals surface area contributed by atoms with Crippen LogP contribution in [0.25, 0.3) is 0 Å². The van der Waals surface area contributed by atoms with Crippen molar-refractivity contribution in [3.63, 3.8) is 0 Å². The van der Waals surface area contributed by atoms with E-state index in [4.69, 9.17) is 16.3 Å². The van der Waals surface area contributed by atoms with Gasteiger partial charge in [-0.2, -0.15) is 0 Å². The highest BCUT2D eigenvalue weighted by molar-refractivity contribution is 9.11. The Kier molecular flexibility index (Phi) is 6.21. The van der Waals surface area contributed by atoms with Gasteiger partial charge < -0.3 is 10.1 Å². The Morgan fingerprint density at radius 3 is 2.70 bits per heavy atom. The maximum absolute atomic E-state index is 12.0. The number of aryl methyl sites for hydroxylation is 1. The molecule has 0 fully saturated rings. The van der Waals surface area contributed by atoms with Crippen molar-refractivity contribution < 1.29 is 14.3 Å². The zero-order valence-corrected chi connectivity index (χ0v) is 16.0. The molecule has 0 aliphatic heterocycles. The van der Waals surface area contributed by atoms with Gasteiger partial charge in [0.15, 0.2) is 12.9 Å². The Bertz CT molecular complexity index is 765. The van der Waals surface area contributed by atoms with Crippen molar-refractivity contribution in [2.45, 2.75) is 6.92 Å². The molecule has 2 rings (SSSR count). The summed E-state index contributed by atoms with van der Waals surface area (Å²) in [6, 6.07) is 8.59. The van der Waals surface area contributed by atoms with E-state index < -0.39 is 0 Å². The highest BCUT2D eigenvalue weighted by atomic mass is 79.9. The van der Waals surface area contributed by atoms with Gasteiger partial charge in [-0.15, -0.1) is 0 Å². The fourth-order valence-electron chi connectivity index (χ4n) is 1.83. The smallest absolute Gasteiger partial charge is 0.262 e. The van der Waals surface area contributed by atoms with Gasteiger partial charge in [-0.25, -0.2) is 0 Å². The van der Waals surface area contributed by atoms with Crippen LogP contribution < -0.4 is 10.1 Å². The van der Waals surface area contributed by atoms with E-state index in [-0.39, 0.29) is 12.5 Å². The standard InChI is InChI=1S/C16H12Br2ClNO3/c1-9-2-3-12(6-14(9)19)20-15(22)8-23-16-10(7-21)4-11(17)5-13(16)18/h2-7H,8H2,1H3,(H,20,22). The van der Waals surface area contributed by atoms with Crippen LogP contribution in [0.1, 0.15) is 15.9 Å². The van der Waals surface area contributed by atoms with Crippen molar-refractivity contribution in [2.24, 2.45) is 0 Å². The number of aldehydes is 1. The monoisotopic (exact) mass is 459 g/mol. The molecule has 0 atom stereocenters. The average molecular weight is 462 g/mol. The van der Waals surface area contributed by atoms with Gasteiger partial charge in [0.25, 0.3) is 5.91 Å². The number of amides is 1. The Morgan fingerprint density at radius 1 is 1.30 bits per heavy atom. The lowest BCUT2D eigenvalue weighted by Gasteiger charge is -2.11. The summed E-state index contributed by atoms with van der Waals surface area (Å²) in [5.41, 5.74) is 1.85. The van der Waals surface area contributed by atoms with Crippen molar-refractivity contribution in [2.75, 3.05) is 11.9 Å². The van der Waals surface area contributed by atoms with Crippen LogP contribution in [0.5, 0.6) is 5.75 Å². The molecule has 1 amide bonds. The van der Waals surface area contributed by atoms with Gasteiger partial charge in [-0.1, -0.05) is 33.6 Å². The molecular weight excluding hydrogens is 449 g/mol. The third-order valence-corrected chi connectivity index (χ3v) is 4.42. The second kappa shape index (κ2) is 7.95. The number of carbonyl (C=O) groups is 2. The lowest BCUT2D eigenvalue weighted by Crippen LogP contribution is -2.20. The molecule has 0 unspecified atom stereocenters. The average Bonchev–Trinajstić information content (AvgIpc) is 2.49. The first kappa shape index (κ1) is 18.0. The third kappa shape index (κ3) is 4.80. The molecule has 120 valence electrons. The first-order valence-corrected chi connectivity index (χ1v) is 8.50. The number of hydrogen-bond acceptors (Lipinski definition) is 3. The number of anilines is 1. The maximum atomic E-state index is 12.0. The van der Waals surface area contributed by atoms with Gasteiger partial charge in [-0.05, 0) is 52.7 Å². The normalized spacial score (nSPS) is 10.3. The first-order valence-electron chi connectivity index (χ1n) is 6.53. The number of carbonyl (C=O) groups excluding carboxylic acids is 2. The predicted molar refractivity (Wildman–Crippen MR) is 97.5 cm³/mol. The summed E-state index contributed by atoms with van der Waals surface area (Å²) < 4.78 is 6.78. The fourth-order valence-corrected chi connectivity index (χ4v) is 3.38. The van der Waals surface area contributed by atoms with Crippen LogP contribution in [0.2, 0.25) is 5.02 Å². The van der Waals surface area contributed by atoms with E-state index in [9.17, 15) is 9.59 Å². The van der Waals surface area contributed by atoms with Crippen LogP contribution in [-0.2, 0) is 4.79 Å². The summed E-state index contributed by atoms with van der Waals surface area (Å²) >= 11 is 12.6. The molecule has 0 saturated heterocycles. The van der Waals surface area contributed by atoms with Crippen molar-refractivity contribution in [3.05, 3.63) is 55.4 Å². The summed E-state index contributed by atoms with van der Waals surface area (Å²) in [7, 11) is 0. The van der Waals surface area contributed by atoms with E-state index in [1.54, 1.807) is 24.3 Å². The van der Waals surface area contributed by atoms with E-state index in [1.807, 2.05) is 13.0 Å². The molecule has 23 heavy (non-hydrogen) atoms. The summed E-state index contributed by atoms with van der Waals surface area (Å²) in [6.07, 6.45) is 0.669. The Labute approximate surface area is 155 Å². The molecule has 0 spiro atoms. The Morgan fingerprint density at radius 2 is 2.04 bits per heavy atom. The van der Waals surface area contributed by atoms with E-state index in [2.05, 4.69) is 37.2 Å².